The molecule has 1 fully saturated rings. The number of rotatable bonds is 6. The second-order valence-corrected chi connectivity index (χ2v) is 6.65. The van der Waals surface area contributed by atoms with E-state index in [4.69, 9.17) is 0 Å². The standard InChI is InChI=1S/C20H26F2N4/c1-3-25-10-12-26(13-11-25)18-7-5-17(6-8-18)24-15(2)16-4-9-19(20(21)22)23-14-16/h4-9,14-15,20,24H,3,10-13H2,1-2H3. The molecule has 6 heteroatoms. The average Bonchev–Trinajstić information content (AvgIpc) is 2.68. The predicted molar refractivity (Wildman–Crippen MR) is 102 cm³/mol. The lowest BCUT2D eigenvalue weighted by atomic mass is 10.1. The van der Waals surface area contributed by atoms with Gasteiger partial charge in [-0.25, -0.2) is 8.78 Å². The van der Waals surface area contributed by atoms with Gasteiger partial charge >= 0.3 is 0 Å². The van der Waals surface area contributed by atoms with Gasteiger partial charge in [0.1, 0.15) is 5.69 Å². The van der Waals surface area contributed by atoms with Gasteiger partial charge in [-0.3, -0.25) is 4.98 Å². The zero-order chi connectivity index (χ0) is 18.5. The lowest BCUT2D eigenvalue weighted by Crippen LogP contribution is -2.46. The van der Waals surface area contributed by atoms with Gasteiger partial charge in [0.2, 0.25) is 0 Å². The van der Waals surface area contributed by atoms with Crippen LogP contribution in [0.5, 0.6) is 0 Å². The van der Waals surface area contributed by atoms with Crippen molar-refractivity contribution in [1.29, 1.82) is 0 Å². The van der Waals surface area contributed by atoms with Crippen molar-refractivity contribution >= 4 is 11.4 Å². The molecule has 0 saturated carbocycles. The Morgan fingerprint density at radius 1 is 1.04 bits per heavy atom. The van der Waals surface area contributed by atoms with Crippen molar-refractivity contribution in [2.75, 3.05) is 42.9 Å². The molecule has 1 N–H and O–H groups in total. The van der Waals surface area contributed by atoms with Crippen LogP contribution in [0.3, 0.4) is 0 Å². The first-order valence-corrected chi connectivity index (χ1v) is 9.14. The molecule has 1 atom stereocenters. The summed E-state index contributed by atoms with van der Waals surface area (Å²) in [7, 11) is 0. The quantitative estimate of drug-likeness (QED) is 0.831. The maximum atomic E-state index is 12.6. The van der Waals surface area contributed by atoms with Gasteiger partial charge in [-0.15, -0.1) is 0 Å². The van der Waals surface area contributed by atoms with Gasteiger partial charge in [0.25, 0.3) is 6.43 Å². The number of anilines is 2. The van der Waals surface area contributed by atoms with Gasteiger partial charge in [0, 0.05) is 43.8 Å². The van der Waals surface area contributed by atoms with E-state index < -0.39 is 6.43 Å². The zero-order valence-corrected chi connectivity index (χ0v) is 15.3. The summed E-state index contributed by atoms with van der Waals surface area (Å²) in [6, 6.07) is 11.5. The Balaban J connectivity index is 1.58. The van der Waals surface area contributed by atoms with Crippen LogP contribution in [-0.2, 0) is 0 Å². The molecule has 26 heavy (non-hydrogen) atoms. The van der Waals surface area contributed by atoms with E-state index in [0.717, 1.165) is 44.0 Å². The minimum atomic E-state index is -2.53. The second-order valence-electron chi connectivity index (χ2n) is 6.65. The average molecular weight is 360 g/mol. The van der Waals surface area contributed by atoms with Gasteiger partial charge in [-0.2, -0.15) is 0 Å². The third-order valence-corrected chi connectivity index (χ3v) is 4.97. The highest BCUT2D eigenvalue weighted by atomic mass is 19.3. The Morgan fingerprint density at radius 3 is 2.27 bits per heavy atom. The Labute approximate surface area is 153 Å². The fourth-order valence-electron chi connectivity index (χ4n) is 3.23. The van der Waals surface area contributed by atoms with Crippen molar-refractivity contribution in [3.05, 3.63) is 53.9 Å². The maximum absolute atomic E-state index is 12.6. The van der Waals surface area contributed by atoms with Gasteiger partial charge in [0.15, 0.2) is 0 Å². The number of alkyl halides is 2. The number of likely N-dealkylation sites (N-methyl/N-ethyl adjacent to an activating group) is 1. The minimum absolute atomic E-state index is 0.00632. The smallest absolute Gasteiger partial charge is 0.280 e. The van der Waals surface area contributed by atoms with E-state index in [1.54, 1.807) is 6.07 Å². The Kier molecular flexibility index (Phi) is 6.04. The molecule has 0 bridgehead atoms. The van der Waals surface area contributed by atoms with Crippen LogP contribution in [0, 0.1) is 0 Å². The molecule has 1 saturated heterocycles. The Hall–Kier alpha value is -2.21. The maximum Gasteiger partial charge on any atom is 0.280 e. The van der Waals surface area contributed by atoms with Gasteiger partial charge in [-0.1, -0.05) is 13.0 Å². The van der Waals surface area contributed by atoms with Crippen molar-refractivity contribution in [2.45, 2.75) is 26.3 Å². The van der Waals surface area contributed by atoms with Crippen LogP contribution >= 0.6 is 0 Å². The van der Waals surface area contributed by atoms with Crippen LogP contribution < -0.4 is 10.2 Å². The monoisotopic (exact) mass is 360 g/mol. The Bertz CT molecular complexity index is 680. The van der Waals surface area contributed by atoms with Gasteiger partial charge in [-0.05, 0) is 49.4 Å². The van der Waals surface area contributed by atoms with Gasteiger partial charge < -0.3 is 15.1 Å². The van der Waals surface area contributed by atoms with Crippen molar-refractivity contribution in [3.8, 4) is 0 Å². The molecule has 0 amide bonds. The van der Waals surface area contributed by atoms with E-state index in [9.17, 15) is 8.78 Å². The molecule has 0 radical (unpaired) electrons. The summed E-state index contributed by atoms with van der Waals surface area (Å²) in [6.07, 6.45) is -1.01. The summed E-state index contributed by atoms with van der Waals surface area (Å²) >= 11 is 0. The lowest BCUT2D eigenvalue weighted by Gasteiger charge is -2.35. The van der Waals surface area contributed by atoms with Crippen molar-refractivity contribution < 1.29 is 8.78 Å². The molecule has 2 aromatic rings. The first-order valence-electron chi connectivity index (χ1n) is 9.14. The molecule has 1 aliphatic rings. The summed E-state index contributed by atoms with van der Waals surface area (Å²) in [5, 5.41) is 3.40. The van der Waals surface area contributed by atoms with E-state index in [1.165, 1.54) is 18.0 Å². The highest BCUT2D eigenvalue weighted by Gasteiger charge is 2.16. The number of nitrogens with zero attached hydrogens (tertiary/aromatic N) is 3. The molecule has 1 unspecified atom stereocenters. The van der Waals surface area contributed by atoms with E-state index in [2.05, 4.69) is 51.3 Å². The molecule has 4 nitrogen and oxygen atoms in total. The minimum Gasteiger partial charge on any atom is -0.378 e. The molecule has 1 aliphatic heterocycles. The van der Waals surface area contributed by atoms with Crippen LogP contribution in [0.2, 0.25) is 0 Å². The summed E-state index contributed by atoms with van der Waals surface area (Å²) in [6.45, 7) is 9.63. The number of aromatic nitrogens is 1. The SMILES string of the molecule is CCN1CCN(c2ccc(NC(C)c3ccc(C(F)F)nc3)cc2)CC1. The number of nitrogens with one attached hydrogen (secondary N) is 1. The number of piperazine rings is 1. The molecule has 3 rings (SSSR count). The molecule has 1 aromatic heterocycles. The van der Waals surface area contributed by atoms with Crippen LogP contribution in [0.4, 0.5) is 20.2 Å². The first kappa shape index (κ1) is 18.6. The largest absolute Gasteiger partial charge is 0.378 e. The summed E-state index contributed by atoms with van der Waals surface area (Å²) in [5.74, 6) is 0. The van der Waals surface area contributed by atoms with Crippen LogP contribution in [0.25, 0.3) is 0 Å². The fraction of sp³-hybridized carbons (Fsp3) is 0.450. The number of hydrogen-bond acceptors (Lipinski definition) is 4. The molecule has 0 spiro atoms. The number of hydrogen-bond donors (Lipinski definition) is 1. The van der Waals surface area contributed by atoms with Crippen LogP contribution in [0.15, 0.2) is 42.6 Å². The highest BCUT2D eigenvalue weighted by molar-refractivity contribution is 5.56. The van der Waals surface area contributed by atoms with Gasteiger partial charge in [0.05, 0.1) is 6.04 Å². The number of benzene rings is 1. The van der Waals surface area contributed by atoms with Crippen LogP contribution in [0.1, 0.15) is 37.6 Å². The fourth-order valence-corrected chi connectivity index (χ4v) is 3.23. The first-order chi connectivity index (χ1) is 12.6. The summed E-state index contributed by atoms with van der Waals surface area (Å²) in [5.41, 5.74) is 2.94. The highest BCUT2D eigenvalue weighted by Crippen LogP contribution is 2.24. The van der Waals surface area contributed by atoms with Crippen molar-refractivity contribution in [3.63, 3.8) is 0 Å². The molecular formula is C20H26F2N4. The normalized spacial score (nSPS) is 16.7. The third-order valence-electron chi connectivity index (χ3n) is 4.97. The van der Waals surface area contributed by atoms with E-state index >= 15 is 0 Å². The van der Waals surface area contributed by atoms with E-state index in [1.807, 2.05) is 6.92 Å². The predicted octanol–water partition coefficient (Wildman–Crippen LogP) is 4.33. The lowest BCUT2D eigenvalue weighted by molar-refractivity contribution is 0.146. The van der Waals surface area contributed by atoms with Crippen molar-refractivity contribution in [2.24, 2.45) is 0 Å². The zero-order valence-electron chi connectivity index (χ0n) is 15.3. The molecular weight excluding hydrogens is 334 g/mol. The number of pyridine rings is 1. The third kappa shape index (κ3) is 4.49. The van der Waals surface area contributed by atoms with Crippen LogP contribution in [-0.4, -0.2) is 42.6 Å². The molecule has 0 aliphatic carbocycles. The summed E-state index contributed by atoms with van der Waals surface area (Å²) in [4.78, 5) is 8.70. The summed E-state index contributed by atoms with van der Waals surface area (Å²) < 4.78 is 25.2. The van der Waals surface area contributed by atoms with E-state index in [0.29, 0.717) is 0 Å². The second kappa shape index (κ2) is 8.45. The molecule has 2 heterocycles. The number of halogens is 2. The molecule has 1 aromatic carbocycles. The topological polar surface area (TPSA) is 31.4 Å². The van der Waals surface area contributed by atoms with Crippen molar-refractivity contribution in [1.82, 2.24) is 9.88 Å². The van der Waals surface area contributed by atoms with E-state index in [-0.39, 0.29) is 11.7 Å². The Morgan fingerprint density at radius 2 is 1.73 bits per heavy atom. The molecule has 140 valence electrons.